The molecule has 1 aromatic rings. The molecule has 98 valence electrons. The zero-order chi connectivity index (χ0) is 13.0. The molecule has 1 saturated carbocycles. The van der Waals surface area contributed by atoms with Crippen LogP contribution in [0.4, 0.5) is 8.78 Å². The topological polar surface area (TPSA) is 35.5 Å². The standard InChI is InChI=1S/C13H14F2O3/c14-13(15)18-11-5-4-10(7-16)6-12(11)17-8-9-2-1-3-9/h4-7,9,13H,1-3,8H2. The minimum absolute atomic E-state index is 0.0325. The molecule has 2 rings (SSSR count). The number of benzene rings is 1. The molecule has 0 aromatic heterocycles. The van der Waals surface area contributed by atoms with Crippen molar-refractivity contribution >= 4 is 6.29 Å². The average molecular weight is 256 g/mol. The number of hydrogen-bond acceptors (Lipinski definition) is 3. The highest BCUT2D eigenvalue weighted by Gasteiger charge is 2.19. The average Bonchev–Trinajstić information content (AvgIpc) is 2.28. The second-order valence-corrected chi connectivity index (χ2v) is 4.31. The highest BCUT2D eigenvalue weighted by molar-refractivity contribution is 5.76. The summed E-state index contributed by atoms with van der Waals surface area (Å²) in [6.45, 7) is -2.43. The van der Waals surface area contributed by atoms with Crippen molar-refractivity contribution in [1.82, 2.24) is 0 Å². The van der Waals surface area contributed by atoms with Crippen LogP contribution >= 0.6 is 0 Å². The monoisotopic (exact) mass is 256 g/mol. The van der Waals surface area contributed by atoms with Crippen molar-refractivity contribution in [3.63, 3.8) is 0 Å². The van der Waals surface area contributed by atoms with Crippen LogP contribution in [0.15, 0.2) is 18.2 Å². The summed E-state index contributed by atoms with van der Waals surface area (Å²) < 4.78 is 34.2. The summed E-state index contributed by atoms with van der Waals surface area (Å²) in [6.07, 6.45) is 4.02. The first-order valence-corrected chi connectivity index (χ1v) is 5.86. The van der Waals surface area contributed by atoms with Crippen molar-refractivity contribution in [3.8, 4) is 11.5 Å². The Hall–Kier alpha value is -1.65. The van der Waals surface area contributed by atoms with Crippen LogP contribution in [0.1, 0.15) is 29.6 Å². The molecule has 1 aliphatic carbocycles. The zero-order valence-electron chi connectivity index (χ0n) is 9.77. The molecule has 0 atom stereocenters. The molecule has 1 aliphatic rings. The Morgan fingerprint density at radius 2 is 2.11 bits per heavy atom. The van der Waals surface area contributed by atoms with Gasteiger partial charge in [0.2, 0.25) is 0 Å². The van der Waals surface area contributed by atoms with E-state index in [1.807, 2.05) is 0 Å². The number of aldehydes is 1. The fourth-order valence-electron chi connectivity index (χ4n) is 1.77. The smallest absolute Gasteiger partial charge is 0.387 e. The first-order chi connectivity index (χ1) is 8.69. The van der Waals surface area contributed by atoms with Gasteiger partial charge in [0.15, 0.2) is 11.5 Å². The Morgan fingerprint density at radius 3 is 2.67 bits per heavy atom. The molecule has 0 heterocycles. The molecule has 0 amide bonds. The Labute approximate surface area is 104 Å². The number of halogens is 2. The summed E-state index contributed by atoms with van der Waals surface area (Å²) in [6, 6.07) is 4.16. The van der Waals surface area contributed by atoms with Gasteiger partial charge in [-0.15, -0.1) is 0 Å². The Balaban J connectivity index is 2.08. The second-order valence-electron chi connectivity index (χ2n) is 4.31. The van der Waals surface area contributed by atoms with Crippen molar-refractivity contribution in [2.75, 3.05) is 6.61 Å². The number of hydrogen-bond donors (Lipinski definition) is 0. The second kappa shape index (κ2) is 5.80. The molecule has 5 heteroatoms. The van der Waals surface area contributed by atoms with Crippen LogP contribution in [0.25, 0.3) is 0 Å². The van der Waals surface area contributed by atoms with Gasteiger partial charge in [-0.05, 0) is 37.0 Å². The number of carbonyl (C=O) groups is 1. The predicted octanol–water partition coefficient (Wildman–Crippen LogP) is 3.28. The van der Waals surface area contributed by atoms with Gasteiger partial charge in [-0.25, -0.2) is 0 Å². The fraction of sp³-hybridized carbons (Fsp3) is 0.462. The van der Waals surface area contributed by atoms with Crippen molar-refractivity contribution < 1.29 is 23.0 Å². The molecule has 3 nitrogen and oxygen atoms in total. The lowest BCUT2D eigenvalue weighted by atomic mass is 9.86. The molecule has 1 fully saturated rings. The number of rotatable bonds is 6. The summed E-state index contributed by atoms with van der Waals surface area (Å²) in [4.78, 5) is 10.7. The number of alkyl halides is 2. The SMILES string of the molecule is O=Cc1ccc(OC(F)F)c(OCC2CCC2)c1. The molecule has 0 aliphatic heterocycles. The third kappa shape index (κ3) is 3.18. The molecule has 0 saturated heterocycles. The van der Waals surface area contributed by atoms with Crippen LogP contribution in [0.2, 0.25) is 0 Å². The minimum atomic E-state index is -2.90. The van der Waals surface area contributed by atoms with Gasteiger partial charge < -0.3 is 9.47 Å². The Bertz CT molecular complexity index is 417. The van der Waals surface area contributed by atoms with Crippen LogP contribution in [0.3, 0.4) is 0 Å². The molecule has 0 N–H and O–H groups in total. The Kier molecular flexibility index (Phi) is 4.12. The lowest BCUT2D eigenvalue weighted by molar-refractivity contribution is -0.0517. The molecule has 0 bridgehead atoms. The van der Waals surface area contributed by atoms with Crippen molar-refractivity contribution in [2.45, 2.75) is 25.9 Å². The first-order valence-electron chi connectivity index (χ1n) is 5.86. The molecule has 0 spiro atoms. The predicted molar refractivity (Wildman–Crippen MR) is 61.3 cm³/mol. The number of carbonyl (C=O) groups excluding carboxylic acids is 1. The van der Waals surface area contributed by atoms with Crippen molar-refractivity contribution in [3.05, 3.63) is 23.8 Å². The molecule has 0 radical (unpaired) electrons. The van der Waals surface area contributed by atoms with Gasteiger partial charge in [0, 0.05) is 5.56 Å². The van der Waals surface area contributed by atoms with Crippen LogP contribution < -0.4 is 9.47 Å². The van der Waals surface area contributed by atoms with E-state index < -0.39 is 6.61 Å². The third-order valence-corrected chi connectivity index (χ3v) is 3.02. The van der Waals surface area contributed by atoms with E-state index in [0.29, 0.717) is 24.4 Å². The highest BCUT2D eigenvalue weighted by atomic mass is 19.3. The minimum Gasteiger partial charge on any atom is -0.489 e. The van der Waals surface area contributed by atoms with Gasteiger partial charge in [-0.1, -0.05) is 6.42 Å². The maximum atomic E-state index is 12.2. The van der Waals surface area contributed by atoms with Gasteiger partial charge >= 0.3 is 6.61 Å². The summed E-state index contributed by atoms with van der Waals surface area (Å²) in [5, 5.41) is 0. The lowest BCUT2D eigenvalue weighted by Gasteiger charge is -2.25. The normalized spacial score (nSPS) is 15.3. The van der Waals surface area contributed by atoms with E-state index in [0.717, 1.165) is 12.8 Å². The van der Waals surface area contributed by atoms with E-state index in [1.165, 1.54) is 24.6 Å². The van der Waals surface area contributed by atoms with Crippen LogP contribution in [0.5, 0.6) is 11.5 Å². The molecular formula is C13H14F2O3. The van der Waals surface area contributed by atoms with Crippen LogP contribution in [0, 0.1) is 5.92 Å². The van der Waals surface area contributed by atoms with Crippen molar-refractivity contribution in [1.29, 1.82) is 0 Å². The summed E-state index contributed by atoms with van der Waals surface area (Å²) in [5.74, 6) is 0.644. The zero-order valence-corrected chi connectivity index (χ0v) is 9.77. The van der Waals surface area contributed by atoms with Crippen molar-refractivity contribution in [2.24, 2.45) is 5.92 Å². The molecule has 0 unspecified atom stereocenters. The fourth-order valence-corrected chi connectivity index (χ4v) is 1.77. The molecular weight excluding hydrogens is 242 g/mol. The maximum absolute atomic E-state index is 12.2. The summed E-state index contributed by atoms with van der Waals surface area (Å²) in [7, 11) is 0. The van der Waals surface area contributed by atoms with E-state index in [1.54, 1.807) is 0 Å². The third-order valence-electron chi connectivity index (χ3n) is 3.02. The number of ether oxygens (including phenoxy) is 2. The van der Waals surface area contributed by atoms with E-state index in [9.17, 15) is 13.6 Å². The van der Waals surface area contributed by atoms with E-state index >= 15 is 0 Å². The van der Waals surface area contributed by atoms with Gasteiger partial charge in [0.25, 0.3) is 0 Å². The maximum Gasteiger partial charge on any atom is 0.387 e. The van der Waals surface area contributed by atoms with E-state index in [2.05, 4.69) is 4.74 Å². The van der Waals surface area contributed by atoms with Gasteiger partial charge in [-0.2, -0.15) is 8.78 Å². The Morgan fingerprint density at radius 1 is 1.33 bits per heavy atom. The largest absolute Gasteiger partial charge is 0.489 e. The van der Waals surface area contributed by atoms with Gasteiger partial charge in [0.1, 0.15) is 6.29 Å². The van der Waals surface area contributed by atoms with Crippen LogP contribution in [-0.4, -0.2) is 19.5 Å². The molecule has 1 aromatic carbocycles. The molecule has 18 heavy (non-hydrogen) atoms. The van der Waals surface area contributed by atoms with Gasteiger partial charge in [0.05, 0.1) is 6.61 Å². The lowest BCUT2D eigenvalue weighted by Crippen LogP contribution is -2.19. The van der Waals surface area contributed by atoms with E-state index in [4.69, 9.17) is 4.74 Å². The summed E-state index contributed by atoms with van der Waals surface area (Å²) >= 11 is 0. The van der Waals surface area contributed by atoms with Gasteiger partial charge in [-0.3, -0.25) is 4.79 Å². The summed E-state index contributed by atoms with van der Waals surface area (Å²) in [5.41, 5.74) is 0.375. The van der Waals surface area contributed by atoms with E-state index in [-0.39, 0.29) is 11.5 Å². The quantitative estimate of drug-likeness (QED) is 0.733. The highest BCUT2D eigenvalue weighted by Crippen LogP contribution is 2.32. The first kappa shape index (κ1) is 12.8. The van der Waals surface area contributed by atoms with Crippen LogP contribution in [-0.2, 0) is 0 Å².